The van der Waals surface area contributed by atoms with Gasteiger partial charge in [0.2, 0.25) is 5.96 Å². The molecule has 40 heavy (non-hydrogen) atoms. The third kappa shape index (κ3) is 8.30. The summed E-state index contributed by atoms with van der Waals surface area (Å²) in [7, 11) is 0. The second-order valence-corrected chi connectivity index (χ2v) is 10.8. The number of nitrogens with zero attached hydrogens (tertiary/aromatic N) is 4. The zero-order valence-electron chi connectivity index (χ0n) is 24.2. The number of piperidine rings is 1. The Hall–Kier alpha value is -3.40. The van der Waals surface area contributed by atoms with E-state index in [0.29, 0.717) is 29.0 Å². The van der Waals surface area contributed by atoms with Gasteiger partial charge >= 0.3 is 0 Å². The minimum Gasteiger partial charge on any atom is -0.320 e. The van der Waals surface area contributed by atoms with Crippen LogP contribution in [-0.4, -0.2) is 46.2 Å². The molecule has 4 rings (SSSR count). The van der Waals surface area contributed by atoms with Crippen molar-refractivity contribution in [2.24, 2.45) is 22.7 Å². The van der Waals surface area contributed by atoms with Crippen LogP contribution in [0.3, 0.4) is 0 Å². The molecule has 1 aliphatic rings. The van der Waals surface area contributed by atoms with E-state index in [1.54, 1.807) is 12.1 Å². The summed E-state index contributed by atoms with van der Waals surface area (Å²) in [5, 5.41) is 11.6. The summed E-state index contributed by atoms with van der Waals surface area (Å²) in [5.74, 6) is 11.2. The van der Waals surface area contributed by atoms with Gasteiger partial charge in [-0.2, -0.15) is 5.10 Å². The Labute approximate surface area is 242 Å². The highest BCUT2D eigenvalue weighted by atomic mass is 35.5. The van der Waals surface area contributed by atoms with Gasteiger partial charge in [-0.3, -0.25) is 20.2 Å². The Morgan fingerprint density at radius 1 is 1.12 bits per heavy atom. The maximum atomic E-state index is 12.4. The van der Waals surface area contributed by atoms with Crippen molar-refractivity contribution in [2.75, 3.05) is 19.6 Å². The molecule has 0 atom stereocenters. The number of hydrogen-bond donors (Lipinski definition) is 4. The first-order valence-corrected chi connectivity index (χ1v) is 14.4. The van der Waals surface area contributed by atoms with Crippen molar-refractivity contribution in [2.45, 2.75) is 59.9 Å². The lowest BCUT2D eigenvalue weighted by Gasteiger charge is -2.33. The van der Waals surface area contributed by atoms with E-state index in [-0.39, 0.29) is 11.9 Å². The van der Waals surface area contributed by atoms with Gasteiger partial charge in [-0.25, -0.2) is 5.84 Å². The van der Waals surface area contributed by atoms with Gasteiger partial charge in [-0.15, -0.1) is 5.10 Å². The molecule has 1 amide bonds. The smallest absolute Gasteiger partial charge is 0.258 e. The van der Waals surface area contributed by atoms with Crippen molar-refractivity contribution in [1.29, 1.82) is 0 Å². The van der Waals surface area contributed by atoms with Gasteiger partial charge < -0.3 is 10.7 Å². The number of aryl methyl sites for hydroxylation is 1. The topological polar surface area (TPSA) is 127 Å². The molecule has 10 heteroatoms. The van der Waals surface area contributed by atoms with Crippen LogP contribution in [0.5, 0.6) is 0 Å². The fraction of sp³-hybridized carbons (Fsp3) is 0.433. The van der Waals surface area contributed by atoms with E-state index in [0.717, 1.165) is 54.9 Å². The summed E-state index contributed by atoms with van der Waals surface area (Å²) >= 11 is 6.37. The number of rotatable bonds is 7. The summed E-state index contributed by atoms with van der Waals surface area (Å²) in [6.45, 7) is 14.5. The normalized spacial score (nSPS) is 14.6. The quantitative estimate of drug-likeness (QED) is 0.140. The molecular formula is C30H43ClN8O. The molecule has 216 valence electrons. The van der Waals surface area contributed by atoms with Gasteiger partial charge in [0.25, 0.3) is 5.91 Å². The molecule has 3 aromatic rings. The third-order valence-corrected chi connectivity index (χ3v) is 7.04. The number of halogens is 1. The molecule has 1 aliphatic heterocycles. The minimum atomic E-state index is -0.356. The number of hydrazone groups is 1. The number of guanidine groups is 1. The highest BCUT2D eigenvalue weighted by Gasteiger charge is 2.25. The number of carbonyl (C=O) groups is 1. The van der Waals surface area contributed by atoms with E-state index < -0.39 is 0 Å². The summed E-state index contributed by atoms with van der Waals surface area (Å²) in [5.41, 5.74) is 8.04. The standard InChI is InChI=1S/C28H37ClN8O.C2H6/c1-18(2)16-36-10-8-21(9-11-36)26-15-25(23-12-19(3)13-24(29)14-23)35-37(26)17-20-4-6-22(7-5-20)27(38)32-28(33-30)34-31;1-2/h4-7,12-15,18,21H,8-11,16-17,30-31H2,1-3H3,(H2,32,33,34,38);1-2H3. The average Bonchev–Trinajstić information content (AvgIpc) is 3.36. The van der Waals surface area contributed by atoms with Crippen LogP contribution in [-0.2, 0) is 6.54 Å². The molecule has 0 aliphatic carbocycles. The molecule has 6 N–H and O–H groups in total. The van der Waals surface area contributed by atoms with E-state index in [1.165, 1.54) is 5.69 Å². The predicted molar refractivity (Wildman–Crippen MR) is 164 cm³/mol. The van der Waals surface area contributed by atoms with Crippen LogP contribution in [0.15, 0.2) is 53.6 Å². The van der Waals surface area contributed by atoms with Gasteiger partial charge in [0.1, 0.15) is 0 Å². The Bertz CT molecular complexity index is 1260. The molecule has 1 saturated heterocycles. The third-order valence-electron chi connectivity index (χ3n) is 6.82. The first kappa shape index (κ1) is 31.1. The molecule has 0 unspecified atom stereocenters. The number of benzene rings is 2. The van der Waals surface area contributed by atoms with Crippen molar-refractivity contribution in [1.82, 2.24) is 25.4 Å². The number of hydrogen-bond acceptors (Lipinski definition) is 6. The van der Waals surface area contributed by atoms with E-state index >= 15 is 0 Å². The van der Waals surface area contributed by atoms with E-state index in [9.17, 15) is 4.79 Å². The molecule has 0 bridgehead atoms. The van der Waals surface area contributed by atoms with Crippen LogP contribution in [0, 0.1) is 12.8 Å². The minimum absolute atomic E-state index is 0.0107. The van der Waals surface area contributed by atoms with Crippen LogP contribution in [0.2, 0.25) is 5.02 Å². The number of likely N-dealkylation sites (tertiary alicyclic amines) is 1. The fourth-order valence-corrected chi connectivity index (χ4v) is 5.35. The highest BCUT2D eigenvalue weighted by molar-refractivity contribution is 6.30. The summed E-state index contributed by atoms with van der Waals surface area (Å²) in [6.07, 6.45) is 2.21. The summed E-state index contributed by atoms with van der Waals surface area (Å²) in [4.78, 5) is 15.0. The molecule has 2 heterocycles. The van der Waals surface area contributed by atoms with Crippen molar-refractivity contribution in [3.63, 3.8) is 0 Å². The zero-order valence-corrected chi connectivity index (χ0v) is 25.0. The maximum Gasteiger partial charge on any atom is 0.258 e. The average molecular weight is 567 g/mol. The fourth-order valence-electron chi connectivity index (χ4n) is 5.06. The Morgan fingerprint density at radius 3 is 2.38 bits per heavy atom. The first-order valence-electron chi connectivity index (χ1n) is 14.0. The Kier molecular flexibility index (Phi) is 11.5. The lowest BCUT2D eigenvalue weighted by atomic mass is 9.92. The van der Waals surface area contributed by atoms with Crippen molar-refractivity contribution in [3.8, 4) is 11.3 Å². The van der Waals surface area contributed by atoms with Crippen LogP contribution in [0.4, 0.5) is 0 Å². The van der Waals surface area contributed by atoms with Gasteiger partial charge in [0, 0.05) is 34.3 Å². The SMILES string of the molecule is CC.Cc1cc(Cl)cc(-c2cc(C3CCN(CC(C)C)CC3)n(Cc3ccc(C(=O)N/C(=N/N)NN)cc3)n2)c1. The van der Waals surface area contributed by atoms with Crippen LogP contribution in [0.25, 0.3) is 11.3 Å². The Morgan fingerprint density at radius 2 is 1.80 bits per heavy atom. The monoisotopic (exact) mass is 566 g/mol. The number of carbonyl (C=O) groups excluding carboxylic acids is 1. The second-order valence-electron chi connectivity index (χ2n) is 10.4. The number of amides is 1. The maximum absolute atomic E-state index is 12.4. The highest BCUT2D eigenvalue weighted by Crippen LogP contribution is 2.33. The number of nitrogens with one attached hydrogen (secondary N) is 2. The van der Waals surface area contributed by atoms with Gasteiger partial charge in [0.05, 0.1) is 12.2 Å². The second kappa shape index (κ2) is 14.8. The van der Waals surface area contributed by atoms with Gasteiger partial charge in [-0.1, -0.05) is 51.4 Å². The molecule has 0 saturated carbocycles. The molecule has 9 nitrogen and oxygen atoms in total. The predicted octanol–water partition coefficient (Wildman–Crippen LogP) is 4.84. The molecule has 2 aromatic carbocycles. The van der Waals surface area contributed by atoms with Crippen LogP contribution >= 0.6 is 11.6 Å². The summed E-state index contributed by atoms with van der Waals surface area (Å²) < 4.78 is 2.11. The van der Waals surface area contributed by atoms with E-state index in [4.69, 9.17) is 28.4 Å². The lowest BCUT2D eigenvalue weighted by molar-refractivity contribution is 0.0975. The molecule has 1 aromatic heterocycles. The first-order chi connectivity index (χ1) is 19.2. The summed E-state index contributed by atoms with van der Waals surface area (Å²) in [6, 6.07) is 15.7. The van der Waals surface area contributed by atoms with E-state index in [2.05, 4.69) is 51.4 Å². The molecule has 0 spiro atoms. The number of aromatic nitrogens is 2. The molecule has 0 radical (unpaired) electrons. The largest absolute Gasteiger partial charge is 0.320 e. The van der Waals surface area contributed by atoms with Crippen molar-refractivity contribution < 1.29 is 4.79 Å². The Balaban J connectivity index is 0.00000216. The number of hydrazine groups is 1. The molecule has 1 fully saturated rings. The molecular weight excluding hydrogens is 524 g/mol. The van der Waals surface area contributed by atoms with Gasteiger partial charge in [-0.05, 0) is 86.3 Å². The van der Waals surface area contributed by atoms with Crippen molar-refractivity contribution >= 4 is 23.5 Å². The van der Waals surface area contributed by atoms with Gasteiger partial charge in [0.15, 0.2) is 0 Å². The number of nitrogens with two attached hydrogens (primary N) is 2. The lowest BCUT2D eigenvalue weighted by Crippen LogP contribution is -2.45. The zero-order chi connectivity index (χ0) is 29.2. The van der Waals surface area contributed by atoms with Crippen LogP contribution in [0.1, 0.15) is 73.6 Å². The van der Waals surface area contributed by atoms with Crippen molar-refractivity contribution in [3.05, 3.63) is 75.9 Å². The van der Waals surface area contributed by atoms with Crippen LogP contribution < -0.4 is 22.4 Å². The van der Waals surface area contributed by atoms with E-state index in [1.807, 2.05) is 45.0 Å².